The highest BCUT2D eigenvalue weighted by molar-refractivity contribution is 7.47. The van der Waals surface area contributed by atoms with Gasteiger partial charge >= 0.3 is 25.7 Å². The van der Waals surface area contributed by atoms with E-state index in [2.05, 4.69) is 69.4 Å². The minimum atomic E-state index is -4.75. The summed E-state index contributed by atoms with van der Waals surface area (Å²) in [7, 11) is -4.75. The molecule has 0 heterocycles. The number of phosphoric ester groups is 1. The Bertz CT molecular complexity index is 1400. The second kappa shape index (κ2) is 54.7. The van der Waals surface area contributed by atoms with Crippen LogP contribution in [-0.4, -0.2) is 66.5 Å². The number of rotatable bonds is 55. The van der Waals surface area contributed by atoms with Crippen LogP contribution >= 0.6 is 7.82 Å². The van der Waals surface area contributed by atoms with Gasteiger partial charge in [0.05, 0.1) is 19.8 Å². The number of carbonyl (C=O) groups is 3. The average molecular weight is 1040 g/mol. The molecule has 3 unspecified atom stereocenters. The predicted molar refractivity (Wildman–Crippen MR) is 298 cm³/mol. The van der Waals surface area contributed by atoms with Gasteiger partial charge in [-0.25, -0.2) is 4.57 Å². The zero-order chi connectivity index (χ0) is 52.7. The van der Waals surface area contributed by atoms with Crippen molar-refractivity contribution in [3.8, 4) is 0 Å². The maximum absolute atomic E-state index is 12.9. The molecular weight excluding hydrogens is 928 g/mol. The quantitative estimate of drug-likeness (QED) is 0.0197. The Morgan fingerprint density at radius 1 is 0.389 bits per heavy atom. The standard InChI is InChI=1S/C60H109O11P/c1-4-7-10-13-16-19-22-25-26-27-28-29-30-33-36-39-42-45-48-51-60(64)71-57(53-67-58(62)49-46-43-40-37-34-31-23-20-17-14-11-8-5-2)55-69-72(65,66)68-54-56(52-61)70-59(63)50-47-44-41-38-35-32-24-21-18-15-12-9-6-3/h16,19,21,24-26,28-29,56-57,61H,4-15,17-18,20,22-23,27,30-55H2,1-3H3,(H,65,66)/b19-16-,24-21-,26-25-,29-28-. The molecule has 0 aliphatic carbocycles. The summed E-state index contributed by atoms with van der Waals surface area (Å²) in [5.41, 5.74) is 0. The number of unbranched alkanes of at least 4 members (excludes halogenated alkanes) is 30. The fraction of sp³-hybridized carbons (Fsp3) is 0.817. The molecule has 12 heteroatoms. The lowest BCUT2D eigenvalue weighted by molar-refractivity contribution is -0.161. The molecule has 0 bridgehead atoms. The fourth-order valence-corrected chi connectivity index (χ4v) is 8.97. The number of hydrogen-bond donors (Lipinski definition) is 2. The third-order valence-corrected chi connectivity index (χ3v) is 13.7. The lowest BCUT2D eigenvalue weighted by Gasteiger charge is -2.21. The normalized spacial score (nSPS) is 13.7. The summed E-state index contributed by atoms with van der Waals surface area (Å²) >= 11 is 0. The SMILES string of the molecule is CCCCC/C=C\C/C=C\C/C=C\CCCCCCCCC(=O)OC(COC(=O)CCCCCCCCCCCCCCC)COP(=O)(O)OCC(CO)OC(=O)CCCCCCC/C=C\CCCCCC. The Morgan fingerprint density at radius 2 is 0.681 bits per heavy atom. The van der Waals surface area contributed by atoms with Crippen LogP contribution in [0.25, 0.3) is 0 Å². The number of esters is 3. The summed E-state index contributed by atoms with van der Waals surface area (Å²) in [6, 6.07) is 0. The highest BCUT2D eigenvalue weighted by atomic mass is 31.2. The molecule has 0 rings (SSSR count). The van der Waals surface area contributed by atoms with Crippen molar-refractivity contribution >= 4 is 25.7 Å². The van der Waals surface area contributed by atoms with Crippen LogP contribution in [0.4, 0.5) is 0 Å². The zero-order valence-electron chi connectivity index (χ0n) is 46.4. The summed E-state index contributed by atoms with van der Waals surface area (Å²) < 4.78 is 39.5. The Hall–Kier alpha value is -2.56. The molecule has 11 nitrogen and oxygen atoms in total. The molecule has 0 aromatic carbocycles. The van der Waals surface area contributed by atoms with Gasteiger partial charge in [0.25, 0.3) is 0 Å². The van der Waals surface area contributed by atoms with Gasteiger partial charge in [0.2, 0.25) is 0 Å². The molecule has 0 aromatic rings. The summed E-state index contributed by atoms with van der Waals surface area (Å²) in [5, 5.41) is 9.80. The van der Waals surface area contributed by atoms with Gasteiger partial charge in [-0.1, -0.05) is 223 Å². The van der Waals surface area contributed by atoms with Crippen molar-refractivity contribution in [3.63, 3.8) is 0 Å². The van der Waals surface area contributed by atoms with E-state index < -0.39 is 57.8 Å². The Balaban J connectivity index is 4.73. The first-order valence-electron chi connectivity index (χ1n) is 29.5. The molecule has 0 aromatic heterocycles. The van der Waals surface area contributed by atoms with Gasteiger partial charge in [-0.3, -0.25) is 23.4 Å². The van der Waals surface area contributed by atoms with E-state index in [9.17, 15) is 28.9 Å². The molecule has 0 aliphatic heterocycles. The molecule has 72 heavy (non-hydrogen) atoms. The highest BCUT2D eigenvalue weighted by Gasteiger charge is 2.28. The first-order chi connectivity index (χ1) is 35.2. The molecule has 0 amide bonds. The van der Waals surface area contributed by atoms with E-state index in [0.717, 1.165) is 109 Å². The second-order valence-corrected chi connectivity index (χ2v) is 21.3. The lowest BCUT2D eigenvalue weighted by atomic mass is 10.0. The maximum Gasteiger partial charge on any atom is 0.472 e. The fourth-order valence-electron chi connectivity index (χ4n) is 8.18. The largest absolute Gasteiger partial charge is 0.472 e. The molecule has 3 atom stereocenters. The van der Waals surface area contributed by atoms with Gasteiger partial charge in [0, 0.05) is 19.3 Å². The molecule has 2 N–H and O–H groups in total. The average Bonchev–Trinajstić information content (AvgIpc) is 3.37. The topological polar surface area (TPSA) is 155 Å². The Labute approximate surface area is 441 Å². The minimum absolute atomic E-state index is 0.155. The molecule has 0 aliphatic rings. The van der Waals surface area contributed by atoms with Crippen molar-refractivity contribution in [1.82, 2.24) is 0 Å². The summed E-state index contributed by atoms with van der Waals surface area (Å²) in [6.07, 6.45) is 57.7. The maximum atomic E-state index is 12.9. The number of aliphatic hydroxyl groups excluding tert-OH is 1. The van der Waals surface area contributed by atoms with Crippen LogP contribution in [0.1, 0.15) is 278 Å². The van der Waals surface area contributed by atoms with E-state index in [1.54, 1.807) is 0 Å². The third kappa shape index (κ3) is 52.3. The van der Waals surface area contributed by atoms with E-state index >= 15 is 0 Å². The van der Waals surface area contributed by atoms with Crippen molar-refractivity contribution in [2.24, 2.45) is 0 Å². The molecular formula is C60H109O11P. The van der Waals surface area contributed by atoms with E-state index in [0.29, 0.717) is 19.3 Å². The van der Waals surface area contributed by atoms with Crippen LogP contribution in [0.2, 0.25) is 0 Å². The smallest absolute Gasteiger partial charge is 0.462 e. The van der Waals surface area contributed by atoms with Crippen molar-refractivity contribution in [1.29, 1.82) is 0 Å². The first-order valence-corrected chi connectivity index (χ1v) is 31.0. The molecule has 0 spiro atoms. The molecule has 0 saturated carbocycles. The van der Waals surface area contributed by atoms with Crippen LogP contribution in [0.15, 0.2) is 48.6 Å². The lowest BCUT2D eigenvalue weighted by Crippen LogP contribution is -2.30. The summed E-state index contributed by atoms with van der Waals surface area (Å²) in [5.74, 6) is -1.47. The van der Waals surface area contributed by atoms with Gasteiger partial charge in [-0.05, 0) is 83.5 Å². The van der Waals surface area contributed by atoms with Crippen molar-refractivity contribution in [2.45, 2.75) is 290 Å². The van der Waals surface area contributed by atoms with E-state index in [4.69, 9.17) is 23.3 Å². The van der Waals surface area contributed by atoms with E-state index in [1.165, 1.54) is 109 Å². The van der Waals surface area contributed by atoms with Crippen molar-refractivity contribution < 1.29 is 52.2 Å². The molecule has 420 valence electrons. The van der Waals surface area contributed by atoms with Gasteiger partial charge in [0.15, 0.2) is 6.10 Å². The van der Waals surface area contributed by atoms with Crippen molar-refractivity contribution in [3.05, 3.63) is 48.6 Å². The van der Waals surface area contributed by atoms with Crippen LogP contribution in [0, 0.1) is 0 Å². The zero-order valence-corrected chi connectivity index (χ0v) is 47.3. The minimum Gasteiger partial charge on any atom is -0.462 e. The van der Waals surface area contributed by atoms with Crippen LogP contribution in [0.3, 0.4) is 0 Å². The summed E-state index contributed by atoms with van der Waals surface area (Å²) in [4.78, 5) is 48.5. The van der Waals surface area contributed by atoms with Gasteiger partial charge < -0.3 is 24.2 Å². The summed E-state index contributed by atoms with van der Waals surface area (Å²) in [6.45, 7) is 4.61. The number of hydrogen-bond acceptors (Lipinski definition) is 10. The number of aliphatic hydroxyl groups is 1. The molecule has 0 radical (unpaired) electrons. The third-order valence-electron chi connectivity index (χ3n) is 12.7. The molecule has 0 fully saturated rings. The van der Waals surface area contributed by atoms with Gasteiger partial charge in [0.1, 0.15) is 12.7 Å². The monoisotopic (exact) mass is 1040 g/mol. The second-order valence-electron chi connectivity index (χ2n) is 19.8. The number of ether oxygens (including phenoxy) is 3. The van der Waals surface area contributed by atoms with Gasteiger partial charge in [-0.2, -0.15) is 0 Å². The van der Waals surface area contributed by atoms with Gasteiger partial charge in [-0.15, -0.1) is 0 Å². The van der Waals surface area contributed by atoms with Crippen LogP contribution in [0.5, 0.6) is 0 Å². The number of phosphoric acid groups is 1. The molecule has 0 saturated heterocycles. The van der Waals surface area contributed by atoms with Crippen LogP contribution < -0.4 is 0 Å². The number of allylic oxidation sites excluding steroid dienone is 8. The number of carbonyl (C=O) groups excluding carboxylic acids is 3. The first kappa shape index (κ1) is 69.4. The Morgan fingerprint density at radius 3 is 1.10 bits per heavy atom. The van der Waals surface area contributed by atoms with E-state index in [-0.39, 0.29) is 25.9 Å². The van der Waals surface area contributed by atoms with E-state index in [1.807, 2.05) is 0 Å². The highest BCUT2D eigenvalue weighted by Crippen LogP contribution is 2.43. The van der Waals surface area contributed by atoms with Crippen molar-refractivity contribution in [2.75, 3.05) is 26.4 Å². The predicted octanol–water partition coefficient (Wildman–Crippen LogP) is 17.4. The van der Waals surface area contributed by atoms with Crippen LogP contribution in [-0.2, 0) is 42.2 Å². The Kier molecular flexibility index (Phi) is 52.7.